The van der Waals surface area contributed by atoms with E-state index < -0.39 is 0 Å². The Labute approximate surface area is 197 Å². The number of rotatable bonds is 5. The van der Waals surface area contributed by atoms with E-state index in [4.69, 9.17) is 0 Å². The topological polar surface area (TPSA) is 81.8 Å². The van der Waals surface area contributed by atoms with E-state index in [1.54, 1.807) is 30.3 Å². The van der Waals surface area contributed by atoms with Crippen LogP contribution in [0.3, 0.4) is 0 Å². The third kappa shape index (κ3) is 5.66. The number of likely N-dealkylation sites (N-methyl/N-ethyl adjacent to an activating group) is 1. The quantitative estimate of drug-likeness (QED) is 0.600. The van der Waals surface area contributed by atoms with Crippen molar-refractivity contribution >= 4 is 40.4 Å². The van der Waals surface area contributed by atoms with Gasteiger partial charge < -0.3 is 20.4 Å². The van der Waals surface area contributed by atoms with Crippen LogP contribution in [0.15, 0.2) is 60.7 Å². The number of hydrogen-bond acceptors (Lipinski definition) is 5. The lowest BCUT2D eigenvalue weighted by atomic mass is 10.1. The molecule has 4 rings (SSSR count). The van der Waals surface area contributed by atoms with Crippen molar-refractivity contribution in [2.75, 3.05) is 43.9 Å². The second-order valence-corrected chi connectivity index (χ2v) is 9.13. The second kappa shape index (κ2) is 9.97. The van der Waals surface area contributed by atoms with Crippen LogP contribution in [-0.2, 0) is 4.79 Å². The maximum Gasteiger partial charge on any atom is 0.265 e. The van der Waals surface area contributed by atoms with Crippen LogP contribution in [0, 0.1) is 0 Å². The van der Waals surface area contributed by atoms with E-state index in [1.807, 2.05) is 35.2 Å². The van der Waals surface area contributed by atoms with Crippen LogP contribution in [-0.4, -0.2) is 60.7 Å². The summed E-state index contributed by atoms with van der Waals surface area (Å²) in [5, 5.41) is 5.57. The molecule has 1 fully saturated rings. The summed E-state index contributed by atoms with van der Waals surface area (Å²) in [6, 6.07) is 18.2. The average molecular weight is 463 g/mol. The number of benzene rings is 2. The lowest BCUT2D eigenvalue weighted by Gasteiger charge is -2.32. The van der Waals surface area contributed by atoms with Gasteiger partial charge in [-0.2, -0.15) is 0 Å². The van der Waals surface area contributed by atoms with E-state index >= 15 is 0 Å². The minimum Gasteiger partial charge on any atom is -0.336 e. The number of nitrogens with zero attached hydrogens (tertiary/aromatic N) is 2. The number of carbonyl (C=O) groups is 3. The summed E-state index contributed by atoms with van der Waals surface area (Å²) in [6.45, 7) is 4.72. The van der Waals surface area contributed by atoms with Gasteiger partial charge in [0.15, 0.2) is 0 Å². The summed E-state index contributed by atoms with van der Waals surface area (Å²) in [4.78, 5) is 42.1. The van der Waals surface area contributed by atoms with Gasteiger partial charge in [-0.1, -0.05) is 12.1 Å². The van der Waals surface area contributed by atoms with Gasteiger partial charge in [0.2, 0.25) is 5.91 Å². The molecule has 1 aliphatic heterocycles. The molecule has 2 N–H and O–H groups in total. The van der Waals surface area contributed by atoms with Gasteiger partial charge in [-0.05, 0) is 61.1 Å². The van der Waals surface area contributed by atoms with Crippen molar-refractivity contribution in [2.45, 2.75) is 6.92 Å². The van der Waals surface area contributed by atoms with Gasteiger partial charge in [-0.25, -0.2) is 0 Å². The molecule has 3 amide bonds. The highest BCUT2D eigenvalue weighted by atomic mass is 32.1. The molecule has 0 bridgehead atoms. The van der Waals surface area contributed by atoms with Gasteiger partial charge in [-0.15, -0.1) is 11.3 Å². The Bertz CT molecular complexity index is 1150. The van der Waals surface area contributed by atoms with Crippen LogP contribution < -0.4 is 10.6 Å². The maximum absolute atomic E-state index is 12.7. The summed E-state index contributed by atoms with van der Waals surface area (Å²) in [6.07, 6.45) is 0. The average Bonchev–Trinajstić information content (AvgIpc) is 3.31. The van der Waals surface area contributed by atoms with Crippen molar-refractivity contribution < 1.29 is 14.4 Å². The third-order valence-corrected chi connectivity index (χ3v) is 6.63. The molecule has 33 heavy (non-hydrogen) atoms. The van der Waals surface area contributed by atoms with E-state index in [1.165, 1.54) is 18.3 Å². The van der Waals surface area contributed by atoms with Gasteiger partial charge in [0.1, 0.15) is 0 Å². The first-order valence-electron chi connectivity index (χ1n) is 10.8. The number of anilines is 2. The highest BCUT2D eigenvalue weighted by Crippen LogP contribution is 2.29. The minimum atomic E-state index is -0.194. The van der Waals surface area contributed by atoms with Crippen LogP contribution in [0.4, 0.5) is 11.4 Å². The number of thiophene rings is 1. The Morgan fingerprint density at radius 1 is 0.788 bits per heavy atom. The second-order valence-electron chi connectivity index (χ2n) is 8.05. The molecule has 1 aliphatic rings. The first-order valence-corrected chi connectivity index (χ1v) is 11.6. The van der Waals surface area contributed by atoms with Crippen LogP contribution >= 0.6 is 11.3 Å². The van der Waals surface area contributed by atoms with E-state index in [9.17, 15) is 14.4 Å². The van der Waals surface area contributed by atoms with Gasteiger partial charge in [0.05, 0.1) is 4.88 Å². The Morgan fingerprint density at radius 3 is 2.00 bits per heavy atom. The zero-order valence-electron chi connectivity index (χ0n) is 18.6. The first kappa shape index (κ1) is 22.7. The highest BCUT2D eigenvalue weighted by Gasteiger charge is 2.20. The SMILES string of the molecule is CC(=O)Nc1ccc(NC(=O)c2ccc(-c3ccc(C(=O)N4CCN(C)CC4)cc3)s2)cc1. The van der Waals surface area contributed by atoms with Crippen molar-refractivity contribution in [3.63, 3.8) is 0 Å². The fourth-order valence-electron chi connectivity index (χ4n) is 3.62. The molecule has 3 aromatic rings. The Hall–Kier alpha value is -3.49. The van der Waals surface area contributed by atoms with Crippen molar-refractivity contribution in [3.8, 4) is 10.4 Å². The molecule has 2 aromatic carbocycles. The molecule has 8 heteroatoms. The molecule has 0 spiro atoms. The van der Waals surface area contributed by atoms with Gasteiger partial charge in [0, 0.05) is 54.9 Å². The molecular formula is C25H26N4O3S. The summed E-state index contributed by atoms with van der Waals surface area (Å²) in [5.41, 5.74) is 2.97. The molecule has 2 heterocycles. The monoisotopic (exact) mass is 462 g/mol. The molecule has 0 aliphatic carbocycles. The smallest absolute Gasteiger partial charge is 0.265 e. The van der Waals surface area contributed by atoms with Crippen molar-refractivity contribution in [1.29, 1.82) is 0 Å². The lowest BCUT2D eigenvalue weighted by molar-refractivity contribution is -0.114. The Morgan fingerprint density at radius 2 is 1.39 bits per heavy atom. The van der Waals surface area contributed by atoms with E-state index in [0.717, 1.165) is 36.6 Å². The maximum atomic E-state index is 12.7. The normalized spacial score (nSPS) is 14.1. The van der Waals surface area contributed by atoms with Crippen molar-refractivity contribution in [2.24, 2.45) is 0 Å². The van der Waals surface area contributed by atoms with E-state index in [0.29, 0.717) is 21.8 Å². The van der Waals surface area contributed by atoms with Crippen LogP contribution in [0.25, 0.3) is 10.4 Å². The first-order chi connectivity index (χ1) is 15.9. The summed E-state index contributed by atoms with van der Waals surface area (Å²) >= 11 is 1.40. The Balaban J connectivity index is 1.39. The zero-order chi connectivity index (χ0) is 23.4. The van der Waals surface area contributed by atoms with Crippen LogP contribution in [0.1, 0.15) is 27.0 Å². The molecule has 0 radical (unpaired) electrons. The molecule has 170 valence electrons. The molecular weight excluding hydrogens is 436 g/mol. The number of amides is 3. The van der Waals surface area contributed by atoms with Crippen molar-refractivity contribution in [3.05, 3.63) is 71.1 Å². The largest absolute Gasteiger partial charge is 0.336 e. The molecule has 0 atom stereocenters. The number of piperazine rings is 1. The van der Waals surface area contributed by atoms with Crippen LogP contribution in [0.2, 0.25) is 0 Å². The number of nitrogens with one attached hydrogen (secondary N) is 2. The minimum absolute atomic E-state index is 0.0606. The van der Waals surface area contributed by atoms with Crippen molar-refractivity contribution in [1.82, 2.24) is 9.80 Å². The van der Waals surface area contributed by atoms with Gasteiger partial charge >= 0.3 is 0 Å². The summed E-state index contributed by atoms with van der Waals surface area (Å²) in [7, 11) is 2.07. The predicted molar refractivity (Wildman–Crippen MR) is 132 cm³/mol. The predicted octanol–water partition coefficient (Wildman–Crippen LogP) is 4.01. The van der Waals surface area contributed by atoms with E-state index in [-0.39, 0.29) is 17.7 Å². The third-order valence-electron chi connectivity index (χ3n) is 5.50. The summed E-state index contributed by atoms with van der Waals surface area (Å²) in [5.74, 6) is -0.277. The van der Waals surface area contributed by atoms with Gasteiger partial charge in [0.25, 0.3) is 11.8 Å². The fraction of sp³-hybridized carbons (Fsp3) is 0.240. The van der Waals surface area contributed by atoms with Crippen LogP contribution in [0.5, 0.6) is 0 Å². The molecule has 7 nitrogen and oxygen atoms in total. The lowest BCUT2D eigenvalue weighted by Crippen LogP contribution is -2.47. The highest BCUT2D eigenvalue weighted by molar-refractivity contribution is 7.17. The Kier molecular flexibility index (Phi) is 6.86. The zero-order valence-corrected chi connectivity index (χ0v) is 19.4. The number of hydrogen-bond donors (Lipinski definition) is 2. The fourth-order valence-corrected chi connectivity index (χ4v) is 4.52. The summed E-state index contributed by atoms with van der Waals surface area (Å²) < 4.78 is 0. The van der Waals surface area contributed by atoms with E-state index in [2.05, 4.69) is 22.6 Å². The van der Waals surface area contributed by atoms with Gasteiger partial charge in [-0.3, -0.25) is 14.4 Å². The molecule has 1 aromatic heterocycles. The molecule has 1 saturated heterocycles. The standard InChI is InChI=1S/C25H26N4O3S/c1-17(30)26-20-7-9-21(10-8-20)27-24(31)23-12-11-22(33-23)18-3-5-19(6-4-18)25(32)29-15-13-28(2)14-16-29/h3-12H,13-16H2,1-2H3,(H,26,30)(H,27,31). The number of carbonyl (C=O) groups excluding carboxylic acids is 3. The molecule has 0 saturated carbocycles. The molecule has 0 unspecified atom stereocenters.